The highest BCUT2D eigenvalue weighted by atomic mass is 16.5. The van der Waals surface area contributed by atoms with Gasteiger partial charge in [-0.2, -0.15) is 0 Å². The third kappa shape index (κ3) is 7.85. The second-order valence-corrected chi connectivity index (χ2v) is 5.28. The molecule has 108 valence electrons. The van der Waals surface area contributed by atoms with E-state index < -0.39 is 0 Å². The lowest BCUT2D eigenvalue weighted by Gasteiger charge is -2.09. The minimum Gasteiger partial charge on any atom is -0.494 e. The van der Waals surface area contributed by atoms with Crippen LogP contribution in [0.1, 0.15) is 38.7 Å². The van der Waals surface area contributed by atoms with E-state index in [0.717, 1.165) is 44.7 Å². The van der Waals surface area contributed by atoms with E-state index in [1.165, 1.54) is 5.56 Å². The maximum absolute atomic E-state index is 8.68. The lowest BCUT2D eigenvalue weighted by atomic mass is 10.1. The first-order valence-corrected chi connectivity index (χ1v) is 7.25. The van der Waals surface area contributed by atoms with Crippen LogP contribution in [0, 0.1) is 5.92 Å². The first kappa shape index (κ1) is 16.0. The third-order valence-electron chi connectivity index (χ3n) is 2.98. The zero-order valence-corrected chi connectivity index (χ0v) is 12.2. The number of unbranched alkanes of at least 4 members (excludes halogenated alkanes) is 1. The molecule has 0 radical (unpaired) electrons. The number of aliphatic hydroxyl groups is 1. The van der Waals surface area contributed by atoms with E-state index in [4.69, 9.17) is 9.84 Å². The van der Waals surface area contributed by atoms with E-state index in [2.05, 4.69) is 31.3 Å². The number of aliphatic hydroxyl groups excluding tert-OH is 1. The molecule has 0 bridgehead atoms. The van der Waals surface area contributed by atoms with Crippen LogP contribution in [0.15, 0.2) is 24.3 Å². The van der Waals surface area contributed by atoms with Gasteiger partial charge in [0, 0.05) is 13.2 Å². The molecule has 1 rings (SSSR count). The van der Waals surface area contributed by atoms with E-state index in [9.17, 15) is 0 Å². The Kier molecular flexibility index (Phi) is 8.26. The van der Waals surface area contributed by atoms with Crippen molar-refractivity contribution in [1.29, 1.82) is 0 Å². The Hall–Kier alpha value is -1.06. The molecule has 0 saturated heterocycles. The lowest BCUT2D eigenvalue weighted by molar-refractivity contribution is 0.283. The molecule has 3 heteroatoms. The summed E-state index contributed by atoms with van der Waals surface area (Å²) < 4.78 is 5.68. The van der Waals surface area contributed by atoms with Crippen molar-refractivity contribution >= 4 is 0 Å². The van der Waals surface area contributed by atoms with Crippen LogP contribution in [-0.2, 0) is 6.54 Å². The van der Waals surface area contributed by atoms with Crippen molar-refractivity contribution in [2.45, 2.75) is 39.7 Å². The summed E-state index contributed by atoms with van der Waals surface area (Å²) in [5.74, 6) is 1.63. The van der Waals surface area contributed by atoms with Crippen LogP contribution in [0.3, 0.4) is 0 Å². The fraction of sp³-hybridized carbons (Fsp3) is 0.625. The number of ether oxygens (including phenoxy) is 1. The average molecular weight is 265 g/mol. The molecule has 0 amide bonds. The van der Waals surface area contributed by atoms with Gasteiger partial charge in [0.25, 0.3) is 0 Å². The molecule has 0 fully saturated rings. The highest BCUT2D eigenvalue weighted by Crippen LogP contribution is 2.13. The summed E-state index contributed by atoms with van der Waals surface area (Å²) in [7, 11) is 0. The minimum atomic E-state index is 0.282. The SMILES string of the molecule is CC(C)CCOc1ccc(CNCCCCO)cc1. The Morgan fingerprint density at radius 2 is 1.89 bits per heavy atom. The summed E-state index contributed by atoms with van der Waals surface area (Å²) in [6.45, 7) is 7.30. The number of rotatable bonds is 10. The second-order valence-electron chi connectivity index (χ2n) is 5.28. The molecule has 2 N–H and O–H groups in total. The molecule has 0 aliphatic heterocycles. The van der Waals surface area contributed by atoms with Gasteiger partial charge in [0.05, 0.1) is 6.61 Å². The number of hydrogen-bond acceptors (Lipinski definition) is 3. The summed E-state index contributed by atoms with van der Waals surface area (Å²) in [5, 5.41) is 12.0. The average Bonchev–Trinajstić information content (AvgIpc) is 2.40. The van der Waals surface area contributed by atoms with Gasteiger partial charge < -0.3 is 15.2 Å². The molecule has 1 aromatic carbocycles. The molecule has 0 atom stereocenters. The summed E-state index contributed by atoms with van der Waals surface area (Å²) in [4.78, 5) is 0. The molecular weight excluding hydrogens is 238 g/mol. The van der Waals surface area contributed by atoms with E-state index in [0.29, 0.717) is 5.92 Å². The van der Waals surface area contributed by atoms with Gasteiger partial charge in [0.1, 0.15) is 5.75 Å². The maximum Gasteiger partial charge on any atom is 0.119 e. The quantitative estimate of drug-likeness (QED) is 0.639. The van der Waals surface area contributed by atoms with Crippen LogP contribution in [0.25, 0.3) is 0 Å². The fourth-order valence-electron chi connectivity index (χ4n) is 1.71. The Bertz CT molecular complexity index is 322. The molecule has 19 heavy (non-hydrogen) atoms. The van der Waals surface area contributed by atoms with Crippen LogP contribution < -0.4 is 10.1 Å². The molecule has 0 saturated carbocycles. The minimum absolute atomic E-state index is 0.282. The number of nitrogens with one attached hydrogen (secondary N) is 1. The van der Waals surface area contributed by atoms with Gasteiger partial charge in [0.15, 0.2) is 0 Å². The topological polar surface area (TPSA) is 41.5 Å². The van der Waals surface area contributed by atoms with Crippen molar-refractivity contribution in [2.24, 2.45) is 5.92 Å². The van der Waals surface area contributed by atoms with Gasteiger partial charge in [0.2, 0.25) is 0 Å². The van der Waals surface area contributed by atoms with E-state index >= 15 is 0 Å². The number of benzene rings is 1. The standard InChI is InChI=1S/C16H27NO2/c1-14(2)9-12-19-16-7-5-15(6-8-16)13-17-10-3-4-11-18/h5-8,14,17-18H,3-4,9-13H2,1-2H3. The Balaban J connectivity index is 2.19. The highest BCUT2D eigenvalue weighted by Gasteiger charge is 1.98. The molecule has 0 aliphatic rings. The van der Waals surface area contributed by atoms with Crippen LogP contribution >= 0.6 is 0 Å². The number of hydrogen-bond donors (Lipinski definition) is 2. The third-order valence-corrected chi connectivity index (χ3v) is 2.98. The maximum atomic E-state index is 8.68. The van der Waals surface area contributed by atoms with Crippen molar-refractivity contribution in [3.05, 3.63) is 29.8 Å². The summed E-state index contributed by atoms with van der Waals surface area (Å²) >= 11 is 0. The van der Waals surface area contributed by atoms with Crippen molar-refractivity contribution in [3.8, 4) is 5.75 Å². The monoisotopic (exact) mass is 265 g/mol. The Labute approximate surface area is 117 Å². The fourth-order valence-corrected chi connectivity index (χ4v) is 1.71. The second kappa shape index (κ2) is 9.82. The van der Waals surface area contributed by atoms with Crippen molar-refractivity contribution in [3.63, 3.8) is 0 Å². The molecule has 3 nitrogen and oxygen atoms in total. The van der Waals surface area contributed by atoms with Gasteiger partial charge in [-0.3, -0.25) is 0 Å². The largest absolute Gasteiger partial charge is 0.494 e. The molecule has 0 unspecified atom stereocenters. The molecule has 0 aromatic heterocycles. The molecule has 0 aliphatic carbocycles. The first-order valence-electron chi connectivity index (χ1n) is 7.25. The zero-order valence-electron chi connectivity index (χ0n) is 12.2. The zero-order chi connectivity index (χ0) is 13.9. The molecular formula is C16H27NO2. The summed E-state index contributed by atoms with van der Waals surface area (Å²) in [6.07, 6.45) is 2.98. The van der Waals surface area contributed by atoms with Crippen LogP contribution in [0.5, 0.6) is 5.75 Å². The van der Waals surface area contributed by atoms with E-state index in [-0.39, 0.29) is 6.61 Å². The van der Waals surface area contributed by atoms with E-state index in [1.54, 1.807) is 0 Å². The van der Waals surface area contributed by atoms with Crippen LogP contribution in [0.2, 0.25) is 0 Å². The Morgan fingerprint density at radius 3 is 2.53 bits per heavy atom. The Morgan fingerprint density at radius 1 is 1.16 bits per heavy atom. The molecule has 0 spiro atoms. The van der Waals surface area contributed by atoms with Gasteiger partial charge in [-0.05, 0) is 49.4 Å². The molecule has 0 heterocycles. The predicted octanol–water partition coefficient (Wildman–Crippen LogP) is 2.97. The van der Waals surface area contributed by atoms with Gasteiger partial charge in [-0.25, -0.2) is 0 Å². The van der Waals surface area contributed by atoms with Crippen molar-refractivity contribution < 1.29 is 9.84 Å². The van der Waals surface area contributed by atoms with Crippen LogP contribution in [-0.4, -0.2) is 24.9 Å². The highest BCUT2D eigenvalue weighted by molar-refractivity contribution is 5.27. The summed E-state index contributed by atoms with van der Waals surface area (Å²) in [6, 6.07) is 8.27. The van der Waals surface area contributed by atoms with Gasteiger partial charge >= 0.3 is 0 Å². The molecule has 1 aromatic rings. The lowest BCUT2D eigenvalue weighted by Crippen LogP contribution is -2.14. The van der Waals surface area contributed by atoms with Crippen LogP contribution in [0.4, 0.5) is 0 Å². The first-order chi connectivity index (χ1) is 9.22. The van der Waals surface area contributed by atoms with Crippen molar-refractivity contribution in [2.75, 3.05) is 19.8 Å². The van der Waals surface area contributed by atoms with Crippen molar-refractivity contribution in [1.82, 2.24) is 5.32 Å². The predicted molar refractivity (Wildman–Crippen MR) is 79.4 cm³/mol. The van der Waals surface area contributed by atoms with Gasteiger partial charge in [-0.15, -0.1) is 0 Å². The van der Waals surface area contributed by atoms with Gasteiger partial charge in [-0.1, -0.05) is 26.0 Å². The smallest absolute Gasteiger partial charge is 0.119 e. The normalized spacial score (nSPS) is 10.9. The summed E-state index contributed by atoms with van der Waals surface area (Å²) in [5.41, 5.74) is 1.26. The van der Waals surface area contributed by atoms with E-state index in [1.807, 2.05) is 12.1 Å².